The molecule has 13 heavy (non-hydrogen) atoms. The van der Waals surface area contributed by atoms with E-state index in [1.165, 1.54) is 0 Å². The van der Waals surface area contributed by atoms with Gasteiger partial charge in [0.15, 0.2) is 0 Å². The van der Waals surface area contributed by atoms with E-state index in [-0.39, 0.29) is 6.54 Å². The Bertz CT molecular complexity index is 336. The van der Waals surface area contributed by atoms with Gasteiger partial charge in [-0.3, -0.25) is 0 Å². The van der Waals surface area contributed by atoms with Gasteiger partial charge in [0.05, 0.1) is 5.60 Å². The maximum absolute atomic E-state index is 9.82. The van der Waals surface area contributed by atoms with E-state index in [0.29, 0.717) is 0 Å². The molecule has 1 atom stereocenters. The Kier molecular flexibility index (Phi) is 2.72. The highest BCUT2D eigenvalue weighted by molar-refractivity contribution is 5.37. The third kappa shape index (κ3) is 2.09. The van der Waals surface area contributed by atoms with Crippen molar-refractivity contribution in [1.29, 1.82) is 0 Å². The van der Waals surface area contributed by atoms with Gasteiger partial charge in [-0.15, -0.1) is 6.42 Å². The average molecular weight is 175 g/mol. The molecule has 0 saturated carbocycles. The summed E-state index contributed by atoms with van der Waals surface area (Å²) in [5.41, 5.74) is 5.95. The minimum Gasteiger partial charge on any atom is -0.384 e. The van der Waals surface area contributed by atoms with E-state index in [9.17, 15) is 5.11 Å². The first-order valence-electron chi connectivity index (χ1n) is 4.10. The van der Waals surface area contributed by atoms with Crippen LogP contribution in [0.15, 0.2) is 24.3 Å². The van der Waals surface area contributed by atoms with E-state index in [2.05, 4.69) is 5.92 Å². The summed E-state index contributed by atoms with van der Waals surface area (Å²) in [7, 11) is 0. The fraction of sp³-hybridized carbons (Fsp3) is 0.273. The molecular weight excluding hydrogens is 162 g/mol. The lowest BCUT2D eigenvalue weighted by Crippen LogP contribution is -2.31. The van der Waals surface area contributed by atoms with E-state index >= 15 is 0 Å². The zero-order valence-electron chi connectivity index (χ0n) is 7.62. The zero-order chi connectivity index (χ0) is 9.90. The molecule has 1 rings (SSSR count). The lowest BCUT2D eigenvalue weighted by atomic mass is 9.95. The minimum absolute atomic E-state index is 0.182. The molecule has 0 heterocycles. The summed E-state index contributed by atoms with van der Waals surface area (Å²) >= 11 is 0. The lowest BCUT2D eigenvalue weighted by molar-refractivity contribution is 0.0668. The monoisotopic (exact) mass is 175 g/mol. The molecule has 3 N–H and O–H groups in total. The van der Waals surface area contributed by atoms with E-state index in [1.807, 2.05) is 18.2 Å². The molecule has 0 radical (unpaired) electrons. The highest BCUT2D eigenvalue weighted by Crippen LogP contribution is 2.19. The maximum atomic E-state index is 9.82. The van der Waals surface area contributed by atoms with Crippen LogP contribution in [0, 0.1) is 12.3 Å². The van der Waals surface area contributed by atoms with Crippen LogP contribution in [-0.4, -0.2) is 11.7 Å². The Balaban J connectivity index is 3.10. The molecule has 2 heteroatoms. The summed E-state index contributed by atoms with van der Waals surface area (Å²) in [5.74, 6) is 2.51. The third-order valence-corrected chi connectivity index (χ3v) is 2.05. The van der Waals surface area contributed by atoms with Crippen LogP contribution in [-0.2, 0) is 5.60 Å². The second-order valence-electron chi connectivity index (χ2n) is 3.20. The first kappa shape index (κ1) is 9.79. The first-order valence-corrected chi connectivity index (χ1v) is 4.10. The van der Waals surface area contributed by atoms with E-state index in [4.69, 9.17) is 12.2 Å². The molecule has 0 aromatic heterocycles. The lowest BCUT2D eigenvalue weighted by Gasteiger charge is -2.21. The first-order chi connectivity index (χ1) is 6.10. The fourth-order valence-electron chi connectivity index (χ4n) is 1.06. The van der Waals surface area contributed by atoms with E-state index in [0.717, 1.165) is 11.1 Å². The molecule has 0 fully saturated rings. The number of hydrogen-bond donors (Lipinski definition) is 2. The highest BCUT2D eigenvalue weighted by atomic mass is 16.3. The fourth-order valence-corrected chi connectivity index (χ4v) is 1.06. The predicted molar refractivity (Wildman–Crippen MR) is 53.0 cm³/mol. The Morgan fingerprint density at radius 2 is 2.31 bits per heavy atom. The van der Waals surface area contributed by atoms with Crippen molar-refractivity contribution in [2.75, 3.05) is 6.54 Å². The smallest absolute Gasteiger partial charge is 0.0990 e. The molecular formula is C11H13NO. The van der Waals surface area contributed by atoms with Gasteiger partial charge in [-0.1, -0.05) is 18.1 Å². The number of hydrogen-bond acceptors (Lipinski definition) is 2. The number of benzene rings is 1. The summed E-state index contributed by atoms with van der Waals surface area (Å²) in [6.07, 6.45) is 5.24. The molecule has 0 aliphatic rings. The van der Waals surface area contributed by atoms with Crippen LogP contribution < -0.4 is 5.73 Å². The van der Waals surface area contributed by atoms with Gasteiger partial charge < -0.3 is 10.8 Å². The minimum atomic E-state index is -0.993. The Hall–Kier alpha value is -1.30. The van der Waals surface area contributed by atoms with Crippen LogP contribution in [0.3, 0.4) is 0 Å². The Morgan fingerprint density at radius 1 is 1.62 bits per heavy atom. The Labute approximate surface area is 78.4 Å². The van der Waals surface area contributed by atoms with Crippen molar-refractivity contribution in [3.05, 3.63) is 35.4 Å². The van der Waals surface area contributed by atoms with Crippen molar-refractivity contribution in [3.8, 4) is 12.3 Å². The van der Waals surface area contributed by atoms with Crippen LogP contribution in [0.25, 0.3) is 0 Å². The molecule has 1 aromatic rings. The molecule has 1 aromatic carbocycles. The summed E-state index contributed by atoms with van der Waals surface area (Å²) in [6.45, 7) is 1.85. The van der Waals surface area contributed by atoms with E-state index < -0.39 is 5.60 Å². The highest BCUT2D eigenvalue weighted by Gasteiger charge is 2.20. The van der Waals surface area contributed by atoms with Gasteiger partial charge in [0.2, 0.25) is 0 Å². The molecule has 0 bridgehead atoms. The van der Waals surface area contributed by atoms with Gasteiger partial charge in [-0.2, -0.15) is 0 Å². The molecule has 0 spiro atoms. The SMILES string of the molecule is C#Cc1cccc(C(C)(O)CN)c1. The average Bonchev–Trinajstić information content (AvgIpc) is 2.18. The van der Waals surface area contributed by atoms with Crippen molar-refractivity contribution in [2.45, 2.75) is 12.5 Å². The van der Waals surface area contributed by atoms with Crippen LogP contribution in [0.5, 0.6) is 0 Å². The molecule has 0 aliphatic carbocycles. The van der Waals surface area contributed by atoms with Crippen LogP contribution >= 0.6 is 0 Å². The van der Waals surface area contributed by atoms with Crippen molar-refractivity contribution in [2.24, 2.45) is 5.73 Å². The van der Waals surface area contributed by atoms with Crippen LogP contribution in [0.4, 0.5) is 0 Å². The molecule has 2 nitrogen and oxygen atoms in total. The van der Waals surface area contributed by atoms with Crippen molar-refractivity contribution >= 4 is 0 Å². The van der Waals surface area contributed by atoms with Crippen molar-refractivity contribution in [3.63, 3.8) is 0 Å². The molecule has 0 aliphatic heterocycles. The van der Waals surface area contributed by atoms with Crippen LogP contribution in [0.1, 0.15) is 18.1 Å². The molecule has 0 amide bonds. The third-order valence-electron chi connectivity index (χ3n) is 2.05. The number of nitrogens with two attached hydrogens (primary N) is 1. The topological polar surface area (TPSA) is 46.2 Å². The quantitative estimate of drug-likeness (QED) is 0.654. The van der Waals surface area contributed by atoms with Crippen molar-refractivity contribution < 1.29 is 5.11 Å². The largest absolute Gasteiger partial charge is 0.384 e. The van der Waals surface area contributed by atoms with E-state index in [1.54, 1.807) is 13.0 Å². The molecule has 1 unspecified atom stereocenters. The normalized spacial score (nSPS) is 14.6. The van der Waals surface area contributed by atoms with Gasteiger partial charge in [0.25, 0.3) is 0 Å². The molecule has 0 saturated heterocycles. The Morgan fingerprint density at radius 3 is 2.85 bits per heavy atom. The number of rotatable bonds is 2. The standard InChI is InChI=1S/C11H13NO/c1-3-9-5-4-6-10(7-9)11(2,13)8-12/h1,4-7,13H,8,12H2,2H3. The summed E-state index contributed by atoms with van der Waals surface area (Å²) in [6, 6.07) is 7.21. The maximum Gasteiger partial charge on any atom is 0.0990 e. The van der Waals surface area contributed by atoms with Crippen LogP contribution in [0.2, 0.25) is 0 Å². The number of aliphatic hydroxyl groups is 1. The summed E-state index contributed by atoms with van der Waals surface area (Å²) in [4.78, 5) is 0. The molecule has 68 valence electrons. The summed E-state index contributed by atoms with van der Waals surface area (Å²) in [5, 5.41) is 9.82. The second-order valence-corrected chi connectivity index (χ2v) is 3.20. The second kappa shape index (κ2) is 3.61. The van der Waals surface area contributed by atoms with Gasteiger partial charge in [0.1, 0.15) is 0 Å². The van der Waals surface area contributed by atoms with Gasteiger partial charge in [-0.25, -0.2) is 0 Å². The predicted octanol–water partition coefficient (Wildman–Crippen LogP) is 0.834. The number of terminal acetylenes is 1. The van der Waals surface area contributed by atoms with Gasteiger partial charge >= 0.3 is 0 Å². The van der Waals surface area contributed by atoms with Crippen molar-refractivity contribution in [1.82, 2.24) is 0 Å². The van der Waals surface area contributed by atoms with Gasteiger partial charge in [-0.05, 0) is 24.6 Å². The zero-order valence-corrected chi connectivity index (χ0v) is 7.62. The summed E-state index contributed by atoms with van der Waals surface area (Å²) < 4.78 is 0. The van der Waals surface area contributed by atoms with Gasteiger partial charge in [0, 0.05) is 12.1 Å².